The number of halogens is 3. The highest BCUT2D eigenvalue weighted by atomic mass is 79.9. The molecule has 112 valence electrons. The maximum Gasteiger partial charge on any atom is 0.387 e. The maximum absolute atomic E-state index is 12.3. The zero-order chi connectivity index (χ0) is 15.7. The summed E-state index contributed by atoms with van der Waals surface area (Å²) in [5, 5.41) is 2.80. The van der Waals surface area contributed by atoms with Gasteiger partial charge in [0.05, 0.1) is 4.47 Å². The van der Waals surface area contributed by atoms with E-state index in [0.29, 0.717) is 10.0 Å². The lowest BCUT2D eigenvalue weighted by Crippen LogP contribution is -2.05. The Morgan fingerprint density at radius 3 is 2.40 bits per heavy atom. The van der Waals surface area contributed by atoms with E-state index in [1.54, 1.807) is 25.4 Å². The number of carbonyl (C=O) groups is 1. The normalized spacial score (nSPS) is 10.2. The molecule has 1 N–H and O–H groups in total. The van der Waals surface area contributed by atoms with E-state index in [4.69, 9.17) is 0 Å². The third kappa shape index (κ3) is 7.23. The second kappa shape index (κ2) is 9.47. The van der Waals surface area contributed by atoms with Crippen molar-refractivity contribution in [1.29, 1.82) is 0 Å². The molecule has 0 unspecified atom stereocenters. The first-order chi connectivity index (χ1) is 9.29. The van der Waals surface area contributed by atoms with Gasteiger partial charge in [-0.3, -0.25) is 0 Å². The standard InChI is InChI=1S/C11H12BrF2NO.C3H6O/c1-7-3-4-9(12)10(16-11(13)14)8(7)5-6-15-2;1-3(2)4/h3-6,11,15H,1-2H3;1-2H3. The first-order valence-electron chi connectivity index (χ1n) is 5.84. The number of carbonyl (C=O) groups excluding carboxylic acids is 1. The lowest BCUT2D eigenvalue weighted by atomic mass is 10.1. The summed E-state index contributed by atoms with van der Waals surface area (Å²) in [6, 6.07) is 3.52. The van der Waals surface area contributed by atoms with E-state index in [-0.39, 0.29) is 11.5 Å². The van der Waals surface area contributed by atoms with Crippen LogP contribution in [-0.2, 0) is 4.79 Å². The largest absolute Gasteiger partial charge is 0.433 e. The van der Waals surface area contributed by atoms with Gasteiger partial charge in [0.25, 0.3) is 0 Å². The quantitative estimate of drug-likeness (QED) is 0.887. The number of ether oxygens (including phenoxy) is 1. The zero-order valence-corrected chi connectivity index (χ0v) is 13.4. The highest BCUT2D eigenvalue weighted by Gasteiger charge is 2.13. The summed E-state index contributed by atoms with van der Waals surface area (Å²) in [6.45, 7) is 2.06. The molecule has 0 spiro atoms. The molecule has 0 saturated heterocycles. The van der Waals surface area contributed by atoms with Crippen LogP contribution in [0.4, 0.5) is 8.78 Å². The number of hydrogen-bond acceptors (Lipinski definition) is 3. The third-order valence-corrected chi connectivity index (χ3v) is 2.61. The molecule has 1 rings (SSSR count). The third-order valence-electron chi connectivity index (χ3n) is 1.99. The summed E-state index contributed by atoms with van der Waals surface area (Å²) in [7, 11) is 1.73. The van der Waals surface area contributed by atoms with E-state index < -0.39 is 6.61 Å². The van der Waals surface area contributed by atoms with Crippen LogP contribution in [0.3, 0.4) is 0 Å². The molecule has 0 radical (unpaired) electrons. The highest BCUT2D eigenvalue weighted by Crippen LogP contribution is 2.33. The Hall–Kier alpha value is -1.43. The summed E-state index contributed by atoms with van der Waals surface area (Å²) in [5.74, 6) is 0.321. The molecule has 0 bridgehead atoms. The molecule has 20 heavy (non-hydrogen) atoms. The predicted octanol–water partition coefficient (Wildman–Crippen LogP) is 4.14. The molecule has 0 saturated carbocycles. The molecule has 0 heterocycles. The summed E-state index contributed by atoms with van der Waals surface area (Å²) in [5.41, 5.74) is 1.49. The van der Waals surface area contributed by atoms with Gasteiger partial charge < -0.3 is 14.8 Å². The SMILES string of the molecule is CC(C)=O.CNC=Cc1c(C)ccc(Br)c1OC(F)F. The van der Waals surface area contributed by atoms with Crippen LogP contribution in [0.1, 0.15) is 25.0 Å². The van der Waals surface area contributed by atoms with Gasteiger partial charge in [-0.2, -0.15) is 8.78 Å². The second-order valence-electron chi connectivity index (χ2n) is 4.02. The topological polar surface area (TPSA) is 38.3 Å². The predicted molar refractivity (Wildman–Crippen MR) is 80.0 cm³/mol. The van der Waals surface area contributed by atoms with E-state index in [0.717, 1.165) is 5.56 Å². The number of rotatable bonds is 4. The fourth-order valence-corrected chi connectivity index (χ4v) is 1.69. The van der Waals surface area contributed by atoms with Gasteiger partial charge in [0.15, 0.2) is 0 Å². The molecule has 0 aromatic heterocycles. The summed E-state index contributed by atoms with van der Waals surface area (Å²) in [6.07, 6.45) is 3.35. The number of alkyl halides is 2. The molecule has 6 heteroatoms. The zero-order valence-electron chi connectivity index (χ0n) is 11.8. The molecular formula is C14H18BrF2NO2. The Morgan fingerprint density at radius 1 is 1.40 bits per heavy atom. The number of aryl methyl sites for hydroxylation is 1. The van der Waals surface area contributed by atoms with Crippen molar-refractivity contribution in [1.82, 2.24) is 5.32 Å². The molecule has 0 aliphatic carbocycles. The van der Waals surface area contributed by atoms with Gasteiger partial charge in [0.1, 0.15) is 11.5 Å². The fraction of sp³-hybridized carbons (Fsp3) is 0.357. The van der Waals surface area contributed by atoms with E-state index in [9.17, 15) is 13.6 Å². The first-order valence-corrected chi connectivity index (χ1v) is 6.63. The Balaban J connectivity index is 0.000000796. The molecule has 1 aromatic carbocycles. The number of benzene rings is 1. The van der Waals surface area contributed by atoms with Crippen molar-refractivity contribution in [3.05, 3.63) is 33.9 Å². The highest BCUT2D eigenvalue weighted by molar-refractivity contribution is 9.10. The van der Waals surface area contributed by atoms with Gasteiger partial charge in [-0.15, -0.1) is 0 Å². The summed E-state index contributed by atoms with van der Waals surface area (Å²) >= 11 is 3.19. The van der Waals surface area contributed by atoms with Crippen molar-refractivity contribution in [3.8, 4) is 5.75 Å². The molecule has 1 aromatic rings. The van der Waals surface area contributed by atoms with E-state index >= 15 is 0 Å². The molecule has 0 aliphatic heterocycles. The van der Waals surface area contributed by atoms with Crippen molar-refractivity contribution in [2.75, 3.05) is 7.05 Å². The van der Waals surface area contributed by atoms with Gasteiger partial charge in [-0.05, 0) is 60.6 Å². The monoisotopic (exact) mass is 349 g/mol. The van der Waals surface area contributed by atoms with Gasteiger partial charge in [-0.1, -0.05) is 6.07 Å². The minimum atomic E-state index is -2.83. The van der Waals surface area contributed by atoms with Crippen molar-refractivity contribution >= 4 is 27.8 Å². The average Bonchev–Trinajstić information content (AvgIpc) is 2.32. The summed E-state index contributed by atoms with van der Waals surface area (Å²) < 4.78 is 29.5. The van der Waals surface area contributed by atoms with Gasteiger partial charge in [-0.25, -0.2) is 0 Å². The Morgan fingerprint density at radius 2 is 1.95 bits per heavy atom. The van der Waals surface area contributed by atoms with Crippen molar-refractivity contribution < 1.29 is 18.3 Å². The van der Waals surface area contributed by atoms with Gasteiger partial charge in [0, 0.05) is 12.6 Å². The Bertz CT molecular complexity index is 472. The number of nitrogens with one attached hydrogen (secondary N) is 1. The first kappa shape index (κ1) is 18.6. The van der Waals surface area contributed by atoms with Crippen LogP contribution in [-0.4, -0.2) is 19.4 Å². The molecule has 0 amide bonds. The van der Waals surface area contributed by atoms with E-state index in [1.165, 1.54) is 13.8 Å². The van der Waals surface area contributed by atoms with Crippen molar-refractivity contribution in [2.24, 2.45) is 0 Å². The Kier molecular flexibility index (Phi) is 8.79. The van der Waals surface area contributed by atoms with Crippen LogP contribution in [0.5, 0.6) is 5.75 Å². The van der Waals surface area contributed by atoms with E-state index in [2.05, 4.69) is 26.0 Å². The van der Waals surface area contributed by atoms with Crippen LogP contribution in [0, 0.1) is 6.92 Å². The van der Waals surface area contributed by atoms with Crippen molar-refractivity contribution in [3.63, 3.8) is 0 Å². The van der Waals surface area contributed by atoms with Crippen LogP contribution < -0.4 is 10.1 Å². The van der Waals surface area contributed by atoms with Gasteiger partial charge in [0.2, 0.25) is 0 Å². The lowest BCUT2D eigenvalue weighted by Gasteiger charge is -2.12. The van der Waals surface area contributed by atoms with Crippen LogP contribution in [0.25, 0.3) is 6.08 Å². The number of ketones is 1. The number of hydrogen-bond donors (Lipinski definition) is 1. The lowest BCUT2D eigenvalue weighted by molar-refractivity contribution is -0.115. The molecule has 0 aliphatic rings. The molecule has 0 atom stereocenters. The second-order valence-corrected chi connectivity index (χ2v) is 4.87. The smallest absolute Gasteiger partial charge is 0.387 e. The van der Waals surface area contributed by atoms with E-state index in [1.807, 2.05) is 13.0 Å². The van der Waals surface area contributed by atoms with Crippen LogP contribution >= 0.6 is 15.9 Å². The minimum Gasteiger partial charge on any atom is -0.433 e. The Labute approximate surface area is 126 Å². The van der Waals surface area contributed by atoms with Crippen LogP contribution in [0.15, 0.2) is 22.8 Å². The van der Waals surface area contributed by atoms with Crippen LogP contribution in [0.2, 0.25) is 0 Å². The molecule has 0 fully saturated rings. The van der Waals surface area contributed by atoms with Crippen molar-refractivity contribution in [2.45, 2.75) is 27.4 Å². The number of Topliss-reactive ketones (excluding diaryl/α,β-unsaturated/α-hetero) is 1. The molecule has 3 nitrogen and oxygen atoms in total. The summed E-state index contributed by atoms with van der Waals surface area (Å²) in [4.78, 5) is 9.44. The fourth-order valence-electron chi connectivity index (χ4n) is 1.25. The average molecular weight is 350 g/mol. The minimum absolute atomic E-state index is 0.154. The maximum atomic E-state index is 12.3. The van der Waals surface area contributed by atoms with Gasteiger partial charge >= 0.3 is 6.61 Å². The molecular weight excluding hydrogens is 332 g/mol.